The van der Waals surface area contributed by atoms with E-state index >= 15 is 0 Å². The van der Waals surface area contributed by atoms with Crippen LogP contribution in [0.3, 0.4) is 0 Å². The molecule has 1 aromatic carbocycles. The highest BCUT2D eigenvalue weighted by molar-refractivity contribution is 9.10. The van der Waals surface area contributed by atoms with Gasteiger partial charge in [0.25, 0.3) is 0 Å². The predicted molar refractivity (Wildman–Crippen MR) is 79.7 cm³/mol. The Labute approximate surface area is 118 Å². The molecule has 0 aliphatic heterocycles. The summed E-state index contributed by atoms with van der Waals surface area (Å²) in [6.07, 6.45) is 2.15. The van der Waals surface area contributed by atoms with Crippen LogP contribution in [0.15, 0.2) is 42.6 Å². The molecule has 0 radical (unpaired) electrons. The molecule has 0 amide bonds. The molecule has 4 nitrogen and oxygen atoms in total. The van der Waals surface area contributed by atoms with Crippen LogP contribution in [0.25, 0.3) is 21.9 Å². The molecule has 0 fully saturated rings. The molecular weight excluding hydrogens is 331 g/mol. The molecule has 19 heavy (non-hydrogen) atoms. The Morgan fingerprint density at radius 2 is 2.05 bits per heavy atom. The van der Waals surface area contributed by atoms with Gasteiger partial charge in [0, 0.05) is 21.3 Å². The van der Waals surface area contributed by atoms with Gasteiger partial charge in [0.2, 0.25) is 5.75 Å². The number of hydrogen-bond donors (Lipinski definition) is 0. The Morgan fingerprint density at radius 1 is 1.26 bits per heavy atom. The number of fused-ring (bicyclic) bond motifs is 2. The highest BCUT2D eigenvalue weighted by Crippen LogP contribution is 2.41. The minimum atomic E-state index is -0.408. The summed E-state index contributed by atoms with van der Waals surface area (Å²) in [5, 5.41) is 1.69. The highest BCUT2D eigenvalue weighted by Gasteiger charge is 2.18. The van der Waals surface area contributed by atoms with Crippen molar-refractivity contribution < 1.29 is 13.6 Å². The summed E-state index contributed by atoms with van der Waals surface area (Å²) in [6.45, 7) is 2.04. The molecule has 3 aromatic rings. The van der Waals surface area contributed by atoms with E-state index < -0.39 is 5.63 Å². The first-order valence-electron chi connectivity index (χ1n) is 5.62. The van der Waals surface area contributed by atoms with Gasteiger partial charge in [-0.1, -0.05) is 8.58 Å². The molecule has 1 atom stereocenters. The lowest BCUT2D eigenvalue weighted by atomic mass is 10.1. The van der Waals surface area contributed by atoms with Crippen LogP contribution in [-0.4, -0.2) is 13.0 Å². The van der Waals surface area contributed by atoms with E-state index in [1.165, 1.54) is 6.07 Å². The quantitative estimate of drug-likeness (QED) is 0.535. The molecule has 0 spiro atoms. The van der Waals surface area contributed by atoms with E-state index in [1.54, 1.807) is 12.3 Å². The molecule has 0 aliphatic carbocycles. The monoisotopic (exact) mass is 340 g/mol. The van der Waals surface area contributed by atoms with Crippen molar-refractivity contribution in [1.29, 1.82) is 0 Å². The van der Waals surface area contributed by atoms with E-state index in [2.05, 4.69) is 15.9 Å². The second-order valence-corrected chi connectivity index (χ2v) is 5.73. The minimum Gasteiger partial charge on any atom is -0.482 e. The van der Waals surface area contributed by atoms with Crippen LogP contribution in [0, 0.1) is 0 Å². The smallest absolute Gasteiger partial charge is 0.336 e. The van der Waals surface area contributed by atoms with Crippen molar-refractivity contribution in [2.24, 2.45) is 0 Å². The van der Waals surface area contributed by atoms with E-state index in [9.17, 15) is 4.79 Å². The van der Waals surface area contributed by atoms with Crippen LogP contribution in [0.4, 0.5) is 0 Å². The van der Waals surface area contributed by atoms with Crippen LogP contribution in [0.2, 0.25) is 0 Å². The number of ether oxygens (including phenoxy) is 1. The first-order valence-corrected chi connectivity index (χ1v) is 8.12. The summed E-state index contributed by atoms with van der Waals surface area (Å²) in [6, 6.07) is 4.97. The summed E-state index contributed by atoms with van der Waals surface area (Å²) in [4.78, 5) is 11.4. The molecule has 0 aliphatic rings. The van der Waals surface area contributed by atoms with Crippen molar-refractivity contribution in [3.8, 4) is 5.75 Å². The van der Waals surface area contributed by atoms with Gasteiger partial charge >= 0.3 is 5.63 Å². The molecule has 6 heteroatoms. The van der Waals surface area contributed by atoms with Crippen molar-refractivity contribution in [1.82, 2.24) is 0 Å². The Kier molecular flexibility index (Phi) is 3.33. The van der Waals surface area contributed by atoms with Crippen molar-refractivity contribution in [3.63, 3.8) is 0 Å². The first-order chi connectivity index (χ1) is 9.22. The Morgan fingerprint density at radius 3 is 2.84 bits per heavy atom. The second-order valence-electron chi connectivity index (χ2n) is 3.95. The summed E-state index contributed by atoms with van der Waals surface area (Å²) in [7, 11) is 0.634. The number of benzene rings is 1. The fourth-order valence-electron chi connectivity index (χ4n) is 1.94. The molecule has 98 valence electrons. The van der Waals surface area contributed by atoms with Gasteiger partial charge in [0.1, 0.15) is 6.35 Å². The average molecular weight is 341 g/mol. The van der Waals surface area contributed by atoms with Gasteiger partial charge in [-0.2, -0.15) is 0 Å². The summed E-state index contributed by atoms with van der Waals surface area (Å²) in [5.41, 5.74) is 0.598. The van der Waals surface area contributed by atoms with E-state index in [-0.39, 0.29) is 0 Å². The number of halogens is 1. The fraction of sp³-hybridized carbons (Fsp3) is 0.154. The fourth-order valence-corrected chi connectivity index (χ4v) is 2.85. The maximum absolute atomic E-state index is 11.4. The van der Waals surface area contributed by atoms with Crippen molar-refractivity contribution in [2.45, 2.75) is 0 Å². The summed E-state index contributed by atoms with van der Waals surface area (Å²) >= 11 is 3.51. The van der Waals surface area contributed by atoms with E-state index in [0.29, 0.717) is 31.8 Å². The van der Waals surface area contributed by atoms with E-state index in [1.807, 2.05) is 12.7 Å². The largest absolute Gasteiger partial charge is 0.482 e. The minimum absolute atomic E-state index is 0.408. The average Bonchev–Trinajstić information content (AvgIpc) is 2.88. The third-order valence-electron chi connectivity index (χ3n) is 2.74. The standard InChI is InChI=1S/C13H10BrO4P/c1-19-6-17-13-11-8(4-5-16-11)10(14)7-2-3-9(15)18-12(7)13/h2-5,19H,6H2,1H3. The zero-order valence-corrected chi connectivity index (χ0v) is 12.6. The lowest BCUT2D eigenvalue weighted by molar-refractivity contribution is 0.382. The van der Waals surface area contributed by atoms with E-state index in [0.717, 1.165) is 15.2 Å². The molecule has 0 N–H and O–H groups in total. The Hall–Kier alpha value is -1.32. The van der Waals surface area contributed by atoms with Gasteiger partial charge in [-0.3, -0.25) is 0 Å². The number of furan rings is 1. The maximum Gasteiger partial charge on any atom is 0.336 e. The summed E-state index contributed by atoms with van der Waals surface area (Å²) < 4.78 is 17.3. The SMILES string of the molecule is CPCOc1c2occc2c(Br)c2ccc(=O)oc12. The van der Waals surface area contributed by atoms with Crippen LogP contribution >= 0.6 is 24.5 Å². The van der Waals surface area contributed by atoms with Gasteiger partial charge in [-0.05, 0) is 34.7 Å². The number of hydrogen-bond acceptors (Lipinski definition) is 4. The molecule has 0 bridgehead atoms. The predicted octanol–water partition coefficient (Wildman–Crippen LogP) is 3.95. The normalized spacial score (nSPS) is 11.9. The maximum atomic E-state index is 11.4. The zero-order valence-electron chi connectivity index (χ0n) is 10.0. The van der Waals surface area contributed by atoms with Crippen LogP contribution < -0.4 is 10.4 Å². The van der Waals surface area contributed by atoms with Crippen molar-refractivity contribution in [2.75, 3.05) is 13.0 Å². The number of rotatable bonds is 3. The first kappa shape index (κ1) is 12.7. The highest BCUT2D eigenvalue weighted by atomic mass is 79.9. The molecule has 2 heterocycles. The molecule has 0 saturated heterocycles. The van der Waals surface area contributed by atoms with Gasteiger partial charge < -0.3 is 13.6 Å². The Balaban J connectivity index is 2.44. The molecule has 1 unspecified atom stereocenters. The van der Waals surface area contributed by atoms with Gasteiger partial charge in [0.15, 0.2) is 11.2 Å². The third-order valence-corrected chi connectivity index (χ3v) is 4.03. The zero-order chi connectivity index (χ0) is 13.4. The lowest BCUT2D eigenvalue weighted by Gasteiger charge is -2.09. The molecule has 0 saturated carbocycles. The Bertz CT molecular complexity index is 805. The second kappa shape index (κ2) is 4.99. The van der Waals surface area contributed by atoms with Crippen LogP contribution in [0.5, 0.6) is 5.75 Å². The van der Waals surface area contributed by atoms with Crippen LogP contribution in [0.1, 0.15) is 0 Å². The molecular formula is C13H10BrO4P. The topological polar surface area (TPSA) is 52.6 Å². The lowest BCUT2D eigenvalue weighted by Crippen LogP contribution is -1.98. The van der Waals surface area contributed by atoms with Crippen molar-refractivity contribution in [3.05, 3.63) is 39.4 Å². The van der Waals surface area contributed by atoms with Gasteiger partial charge in [0.05, 0.1) is 6.26 Å². The van der Waals surface area contributed by atoms with Crippen LogP contribution in [-0.2, 0) is 0 Å². The van der Waals surface area contributed by atoms with Crippen molar-refractivity contribution >= 4 is 46.4 Å². The van der Waals surface area contributed by atoms with E-state index in [4.69, 9.17) is 13.6 Å². The van der Waals surface area contributed by atoms with Gasteiger partial charge in [-0.15, -0.1) is 0 Å². The molecule has 3 rings (SSSR count). The van der Waals surface area contributed by atoms with Gasteiger partial charge in [-0.25, -0.2) is 4.79 Å². The summed E-state index contributed by atoms with van der Waals surface area (Å²) in [5.74, 6) is 0.491. The molecule has 2 aromatic heterocycles. The third kappa shape index (κ3) is 2.07.